The van der Waals surface area contributed by atoms with Gasteiger partial charge in [-0.05, 0) is 59.2 Å². The Morgan fingerprint density at radius 2 is 2.06 bits per heavy atom. The van der Waals surface area contributed by atoms with Gasteiger partial charge in [-0.25, -0.2) is 4.98 Å². The molecule has 2 unspecified atom stereocenters. The fourth-order valence-corrected chi connectivity index (χ4v) is 3.30. The van der Waals surface area contributed by atoms with Gasteiger partial charge in [0.1, 0.15) is 5.82 Å². The largest absolute Gasteiger partial charge is 0.366 e. The third-order valence-corrected chi connectivity index (χ3v) is 5.08. The molecule has 1 N–H and O–H groups in total. The number of aromatic nitrogens is 1. The highest BCUT2D eigenvalue weighted by Gasteiger charge is 2.28. The number of nitrogens with zero attached hydrogens (tertiary/aromatic N) is 1. The fraction of sp³-hybridized carbons (Fsp3) is 0.667. The molecule has 3 heteroatoms. The van der Waals surface area contributed by atoms with Gasteiger partial charge < -0.3 is 5.32 Å². The van der Waals surface area contributed by atoms with Crippen molar-refractivity contribution in [1.82, 2.24) is 4.98 Å². The predicted octanol–water partition coefficient (Wildman–Crippen LogP) is 4.78. The molecule has 1 fully saturated rings. The van der Waals surface area contributed by atoms with Crippen molar-refractivity contribution < 1.29 is 0 Å². The minimum absolute atomic E-state index is 0.573. The summed E-state index contributed by atoms with van der Waals surface area (Å²) in [5, 5.41) is 3.66. The Bertz CT molecular complexity index is 403. The van der Waals surface area contributed by atoms with Crippen LogP contribution < -0.4 is 5.32 Å². The second-order valence-corrected chi connectivity index (χ2v) is 6.53. The fourth-order valence-electron chi connectivity index (χ4n) is 2.95. The van der Waals surface area contributed by atoms with E-state index in [1.165, 1.54) is 31.2 Å². The van der Waals surface area contributed by atoms with Crippen LogP contribution in [0.25, 0.3) is 0 Å². The molecule has 1 aliphatic carbocycles. The van der Waals surface area contributed by atoms with E-state index in [1.807, 2.05) is 12.3 Å². The zero-order valence-electron chi connectivity index (χ0n) is 11.5. The molecule has 0 spiro atoms. The summed E-state index contributed by atoms with van der Waals surface area (Å²) in [4.78, 5) is 4.47. The van der Waals surface area contributed by atoms with Gasteiger partial charge in [-0.15, -0.1) is 0 Å². The highest BCUT2D eigenvalue weighted by molar-refractivity contribution is 9.10. The lowest BCUT2D eigenvalue weighted by molar-refractivity contribution is 0.253. The van der Waals surface area contributed by atoms with Gasteiger partial charge in [0.25, 0.3) is 0 Å². The average molecular weight is 311 g/mol. The van der Waals surface area contributed by atoms with Crippen molar-refractivity contribution >= 4 is 21.7 Å². The molecule has 18 heavy (non-hydrogen) atoms. The number of aryl methyl sites for hydroxylation is 1. The van der Waals surface area contributed by atoms with Crippen molar-refractivity contribution in [1.29, 1.82) is 0 Å². The molecular weight excluding hydrogens is 288 g/mol. The first-order valence-electron chi connectivity index (χ1n) is 6.97. The SMILES string of the molecule is Cc1ccnc(NC2CCCCC2C(C)C)c1Br. The van der Waals surface area contributed by atoms with E-state index in [-0.39, 0.29) is 0 Å². The molecule has 0 saturated heterocycles. The van der Waals surface area contributed by atoms with Crippen LogP contribution >= 0.6 is 15.9 Å². The van der Waals surface area contributed by atoms with Gasteiger partial charge in [-0.3, -0.25) is 0 Å². The Balaban J connectivity index is 2.13. The Labute approximate surface area is 119 Å². The molecule has 1 saturated carbocycles. The lowest BCUT2D eigenvalue weighted by atomic mass is 9.78. The summed E-state index contributed by atoms with van der Waals surface area (Å²) in [6.45, 7) is 6.78. The first-order chi connectivity index (χ1) is 8.59. The molecule has 0 bridgehead atoms. The summed E-state index contributed by atoms with van der Waals surface area (Å²) in [5.74, 6) is 2.52. The zero-order valence-corrected chi connectivity index (χ0v) is 13.1. The predicted molar refractivity (Wildman–Crippen MR) is 80.9 cm³/mol. The Morgan fingerprint density at radius 3 is 2.78 bits per heavy atom. The molecule has 2 atom stereocenters. The second-order valence-electron chi connectivity index (χ2n) is 5.73. The van der Waals surface area contributed by atoms with E-state index in [2.05, 4.69) is 47.0 Å². The molecule has 0 amide bonds. The van der Waals surface area contributed by atoms with Gasteiger partial charge in [0.15, 0.2) is 0 Å². The third kappa shape index (κ3) is 3.05. The molecule has 0 radical (unpaired) electrons. The van der Waals surface area contributed by atoms with Crippen LogP contribution in [0.3, 0.4) is 0 Å². The highest BCUT2D eigenvalue weighted by atomic mass is 79.9. The summed E-state index contributed by atoms with van der Waals surface area (Å²) >= 11 is 3.64. The number of hydrogen-bond acceptors (Lipinski definition) is 2. The van der Waals surface area contributed by atoms with Crippen LogP contribution in [-0.4, -0.2) is 11.0 Å². The maximum absolute atomic E-state index is 4.47. The van der Waals surface area contributed by atoms with E-state index < -0.39 is 0 Å². The van der Waals surface area contributed by atoms with Gasteiger partial charge in [-0.1, -0.05) is 26.7 Å². The van der Waals surface area contributed by atoms with Gasteiger partial charge in [0.05, 0.1) is 4.47 Å². The number of anilines is 1. The quantitative estimate of drug-likeness (QED) is 0.869. The topological polar surface area (TPSA) is 24.9 Å². The van der Waals surface area contributed by atoms with Crippen molar-refractivity contribution in [3.63, 3.8) is 0 Å². The van der Waals surface area contributed by atoms with E-state index in [0.717, 1.165) is 22.1 Å². The summed E-state index contributed by atoms with van der Waals surface area (Å²) < 4.78 is 1.11. The monoisotopic (exact) mass is 310 g/mol. The zero-order chi connectivity index (χ0) is 13.1. The minimum atomic E-state index is 0.573. The van der Waals surface area contributed by atoms with Crippen molar-refractivity contribution in [3.8, 4) is 0 Å². The van der Waals surface area contributed by atoms with E-state index in [9.17, 15) is 0 Å². The lowest BCUT2D eigenvalue weighted by Gasteiger charge is -2.35. The van der Waals surface area contributed by atoms with Gasteiger partial charge >= 0.3 is 0 Å². The number of pyridine rings is 1. The number of hydrogen-bond donors (Lipinski definition) is 1. The van der Waals surface area contributed by atoms with Crippen LogP contribution in [0.5, 0.6) is 0 Å². The number of halogens is 1. The molecule has 1 heterocycles. The van der Waals surface area contributed by atoms with E-state index in [4.69, 9.17) is 0 Å². The maximum atomic E-state index is 4.47. The normalized spacial score (nSPS) is 24.3. The van der Waals surface area contributed by atoms with Crippen LogP contribution in [0.2, 0.25) is 0 Å². The summed E-state index contributed by atoms with van der Waals surface area (Å²) in [6, 6.07) is 2.61. The van der Waals surface area contributed by atoms with Gasteiger partial charge in [0, 0.05) is 12.2 Å². The molecule has 1 aromatic rings. The van der Waals surface area contributed by atoms with Crippen molar-refractivity contribution in [2.24, 2.45) is 11.8 Å². The molecule has 0 aliphatic heterocycles. The first kappa shape index (κ1) is 13.9. The maximum Gasteiger partial charge on any atom is 0.140 e. The average Bonchev–Trinajstić information content (AvgIpc) is 2.35. The minimum Gasteiger partial charge on any atom is -0.366 e. The number of rotatable bonds is 3. The standard InChI is InChI=1S/C15H23BrN2/c1-10(2)12-6-4-5-7-13(12)18-15-14(16)11(3)8-9-17-15/h8-10,12-13H,4-7H2,1-3H3,(H,17,18). The van der Waals surface area contributed by atoms with E-state index in [0.29, 0.717) is 6.04 Å². The second kappa shape index (κ2) is 6.05. The van der Waals surface area contributed by atoms with Crippen LogP contribution in [-0.2, 0) is 0 Å². The number of nitrogens with one attached hydrogen (secondary N) is 1. The molecule has 1 aliphatic rings. The van der Waals surface area contributed by atoms with Crippen molar-refractivity contribution in [2.45, 2.75) is 52.5 Å². The Morgan fingerprint density at radius 1 is 1.33 bits per heavy atom. The smallest absolute Gasteiger partial charge is 0.140 e. The molecule has 100 valence electrons. The lowest BCUT2D eigenvalue weighted by Crippen LogP contribution is -2.35. The first-order valence-corrected chi connectivity index (χ1v) is 7.76. The molecule has 1 aromatic heterocycles. The molecular formula is C15H23BrN2. The Kier molecular flexibility index (Phi) is 4.66. The van der Waals surface area contributed by atoms with Crippen LogP contribution in [0, 0.1) is 18.8 Å². The molecule has 0 aromatic carbocycles. The van der Waals surface area contributed by atoms with E-state index in [1.54, 1.807) is 0 Å². The van der Waals surface area contributed by atoms with Gasteiger partial charge in [-0.2, -0.15) is 0 Å². The molecule has 2 nitrogen and oxygen atoms in total. The highest BCUT2D eigenvalue weighted by Crippen LogP contribution is 2.33. The van der Waals surface area contributed by atoms with Crippen molar-refractivity contribution in [2.75, 3.05) is 5.32 Å². The van der Waals surface area contributed by atoms with E-state index >= 15 is 0 Å². The molecule has 2 rings (SSSR count). The summed E-state index contributed by atoms with van der Waals surface area (Å²) in [7, 11) is 0. The summed E-state index contributed by atoms with van der Waals surface area (Å²) in [5.41, 5.74) is 1.24. The van der Waals surface area contributed by atoms with Gasteiger partial charge in [0.2, 0.25) is 0 Å². The summed E-state index contributed by atoms with van der Waals surface area (Å²) in [6.07, 6.45) is 7.22. The van der Waals surface area contributed by atoms with Crippen molar-refractivity contribution in [3.05, 3.63) is 22.3 Å². The van der Waals surface area contributed by atoms with Crippen LogP contribution in [0.1, 0.15) is 45.1 Å². The third-order valence-electron chi connectivity index (χ3n) is 4.08. The van der Waals surface area contributed by atoms with Crippen LogP contribution in [0.15, 0.2) is 16.7 Å². The van der Waals surface area contributed by atoms with Crippen LogP contribution in [0.4, 0.5) is 5.82 Å². The Hall–Kier alpha value is -0.570.